The highest BCUT2D eigenvalue weighted by molar-refractivity contribution is 6.02. The van der Waals surface area contributed by atoms with Gasteiger partial charge in [0.2, 0.25) is 5.82 Å². The minimum absolute atomic E-state index is 0.208. The second kappa shape index (κ2) is 6.16. The summed E-state index contributed by atoms with van der Waals surface area (Å²) in [4.78, 5) is 27.3. The molecule has 0 aliphatic carbocycles. The summed E-state index contributed by atoms with van der Waals surface area (Å²) in [6.07, 6.45) is 3.31. The average Bonchev–Trinajstić information content (AvgIpc) is 3.10. The summed E-state index contributed by atoms with van der Waals surface area (Å²) < 4.78 is 3.11. The summed E-state index contributed by atoms with van der Waals surface area (Å²) in [5, 5.41) is 11.9. The highest BCUT2D eigenvalue weighted by atomic mass is 16.4. The van der Waals surface area contributed by atoms with E-state index in [0.29, 0.717) is 5.69 Å². The fourth-order valence-corrected chi connectivity index (χ4v) is 2.57. The van der Waals surface area contributed by atoms with E-state index < -0.39 is 5.97 Å². The highest BCUT2D eigenvalue weighted by Crippen LogP contribution is 2.24. The number of amides is 1. The van der Waals surface area contributed by atoms with Crippen LogP contribution in [-0.4, -0.2) is 31.1 Å². The zero-order valence-electron chi connectivity index (χ0n) is 13.7. The molecule has 1 aromatic carbocycles. The predicted octanol–water partition coefficient (Wildman–Crippen LogP) is 1.96. The smallest absolute Gasteiger partial charge is 0.352 e. The second-order valence-corrected chi connectivity index (χ2v) is 5.66. The lowest BCUT2D eigenvalue weighted by Gasteiger charge is -2.06. The number of aromatic carboxylic acids is 1. The number of benzene rings is 1. The van der Waals surface area contributed by atoms with Gasteiger partial charge in [0, 0.05) is 37.7 Å². The lowest BCUT2D eigenvalue weighted by Crippen LogP contribution is -2.16. The molecule has 0 radical (unpaired) electrons. The van der Waals surface area contributed by atoms with Crippen molar-refractivity contribution in [3.63, 3.8) is 0 Å². The van der Waals surface area contributed by atoms with Gasteiger partial charge in [0.1, 0.15) is 11.5 Å². The number of hydrogen-bond acceptors (Lipinski definition) is 4. The summed E-state index contributed by atoms with van der Waals surface area (Å²) in [6.45, 7) is 0. The molecule has 0 atom stereocenters. The van der Waals surface area contributed by atoms with Crippen LogP contribution in [0.5, 0.6) is 0 Å². The Morgan fingerprint density at radius 2 is 1.76 bits per heavy atom. The predicted molar refractivity (Wildman–Crippen MR) is 93.4 cm³/mol. The van der Waals surface area contributed by atoms with Crippen molar-refractivity contribution in [1.82, 2.24) is 14.1 Å². The van der Waals surface area contributed by atoms with E-state index in [4.69, 9.17) is 10.8 Å². The topological polar surface area (TPSA) is 115 Å². The molecule has 0 fully saturated rings. The maximum Gasteiger partial charge on any atom is 0.352 e. The SMILES string of the molecule is Cn1cc(-c2ccc(NC(=O)c3nc(N)cn3C)cc2)cc1C(=O)O. The number of nitrogens with two attached hydrogens (primary N) is 1. The van der Waals surface area contributed by atoms with Crippen LogP contribution in [0.1, 0.15) is 21.1 Å². The monoisotopic (exact) mass is 339 g/mol. The summed E-state index contributed by atoms with van der Waals surface area (Å²) in [7, 11) is 3.37. The number of aryl methyl sites for hydroxylation is 2. The number of carbonyl (C=O) groups excluding carboxylic acids is 1. The van der Waals surface area contributed by atoms with Crippen LogP contribution in [0.4, 0.5) is 11.5 Å². The molecule has 3 aromatic rings. The molecule has 8 heteroatoms. The molecular formula is C17H17N5O3. The third-order valence-electron chi connectivity index (χ3n) is 3.80. The van der Waals surface area contributed by atoms with Gasteiger partial charge < -0.3 is 25.3 Å². The molecule has 128 valence electrons. The molecule has 0 aliphatic heterocycles. The van der Waals surface area contributed by atoms with Gasteiger partial charge in [-0.3, -0.25) is 4.79 Å². The van der Waals surface area contributed by atoms with E-state index in [1.807, 2.05) is 12.1 Å². The highest BCUT2D eigenvalue weighted by Gasteiger charge is 2.14. The van der Waals surface area contributed by atoms with Gasteiger partial charge in [0.25, 0.3) is 5.91 Å². The molecule has 0 unspecified atom stereocenters. The van der Waals surface area contributed by atoms with Crippen LogP contribution in [0.25, 0.3) is 11.1 Å². The molecule has 2 heterocycles. The van der Waals surface area contributed by atoms with E-state index in [1.54, 1.807) is 53.8 Å². The Hall–Kier alpha value is -3.55. The second-order valence-electron chi connectivity index (χ2n) is 5.66. The Balaban J connectivity index is 1.78. The van der Waals surface area contributed by atoms with Gasteiger partial charge in [-0.25, -0.2) is 9.78 Å². The quantitative estimate of drug-likeness (QED) is 0.672. The third kappa shape index (κ3) is 3.23. The molecule has 4 N–H and O–H groups in total. The molecule has 8 nitrogen and oxygen atoms in total. The van der Waals surface area contributed by atoms with Crippen molar-refractivity contribution in [2.75, 3.05) is 11.1 Å². The third-order valence-corrected chi connectivity index (χ3v) is 3.80. The van der Waals surface area contributed by atoms with Gasteiger partial charge in [-0.1, -0.05) is 12.1 Å². The molecule has 2 aromatic heterocycles. The van der Waals surface area contributed by atoms with Gasteiger partial charge in [0.15, 0.2) is 0 Å². The van der Waals surface area contributed by atoms with Crippen molar-refractivity contribution < 1.29 is 14.7 Å². The number of nitrogen functional groups attached to an aromatic ring is 1. The van der Waals surface area contributed by atoms with Crippen LogP contribution in [0.3, 0.4) is 0 Å². The number of rotatable bonds is 4. The maximum absolute atomic E-state index is 12.2. The molecule has 0 spiro atoms. The molecule has 0 saturated carbocycles. The van der Waals surface area contributed by atoms with Gasteiger partial charge in [-0.15, -0.1) is 0 Å². The summed E-state index contributed by atoms with van der Waals surface area (Å²) in [5.41, 5.74) is 8.02. The summed E-state index contributed by atoms with van der Waals surface area (Å²) >= 11 is 0. The van der Waals surface area contributed by atoms with Gasteiger partial charge >= 0.3 is 5.97 Å². The van der Waals surface area contributed by atoms with Crippen molar-refractivity contribution in [3.05, 3.63) is 54.2 Å². The van der Waals surface area contributed by atoms with Crippen LogP contribution in [-0.2, 0) is 14.1 Å². The molecule has 0 saturated heterocycles. The van der Waals surface area contributed by atoms with Gasteiger partial charge in [-0.2, -0.15) is 0 Å². The number of nitrogens with zero attached hydrogens (tertiary/aromatic N) is 3. The van der Waals surface area contributed by atoms with E-state index in [9.17, 15) is 9.59 Å². The van der Waals surface area contributed by atoms with E-state index in [-0.39, 0.29) is 23.2 Å². The van der Waals surface area contributed by atoms with Crippen molar-refractivity contribution in [2.24, 2.45) is 14.1 Å². The molecule has 25 heavy (non-hydrogen) atoms. The largest absolute Gasteiger partial charge is 0.477 e. The Kier molecular flexibility index (Phi) is 4.02. The first-order valence-corrected chi connectivity index (χ1v) is 7.45. The molecular weight excluding hydrogens is 322 g/mol. The van der Waals surface area contributed by atoms with Crippen LogP contribution in [0.15, 0.2) is 42.7 Å². The van der Waals surface area contributed by atoms with Crippen molar-refractivity contribution in [2.45, 2.75) is 0 Å². The average molecular weight is 339 g/mol. The Labute approximate surface area is 143 Å². The van der Waals surface area contributed by atoms with Gasteiger partial charge in [0.05, 0.1) is 0 Å². The van der Waals surface area contributed by atoms with Gasteiger partial charge in [-0.05, 0) is 23.8 Å². The van der Waals surface area contributed by atoms with Crippen LogP contribution >= 0.6 is 0 Å². The van der Waals surface area contributed by atoms with Crippen LogP contribution in [0, 0.1) is 0 Å². The zero-order chi connectivity index (χ0) is 18.1. The first-order valence-electron chi connectivity index (χ1n) is 7.45. The maximum atomic E-state index is 12.2. The fraction of sp³-hybridized carbons (Fsp3) is 0.118. The van der Waals surface area contributed by atoms with E-state index >= 15 is 0 Å². The molecule has 1 amide bonds. The van der Waals surface area contributed by atoms with Crippen LogP contribution < -0.4 is 11.1 Å². The van der Waals surface area contributed by atoms with Crippen LogP contribution in [0.2, 0.25) is 0 Å². The lowest BCUT2D eigenvalue weighted by atomic mass is 10.1. The van der Waals surface area contributed by atoms with Crippen molar-refractivity contribution in [1.29, 1.82) is 0 Å². The minimum Gasteiger partial charge on any atom is -0.477 e. The number of anilines is 2. The molecule has 3 rings (SSSR count). The Bertz CT molecular complexity index is 953. The van der Waals surface area contributed by atoms with Crippen molar-refractivity contribution in [3.8, 4) is 11.1 Å². The number of carboxylic acid groups (broad SMARTS) is 1. The van der Waals surface area contributed by atoms with E-state index in [0.717, 1.165) is 11.1 Å². The standard InChI is InChI=1S/C17H17N5O3/c1-21-8-11(7-13(21)17(24)25)10-3-5-12(6-4-10)19-16(23)15-20-14(18)9-22(15)2/h3-9H,18H2,1-2H3,(H,19,23)(H,24,25). The Morgan fingerprint density at radius 3 is 2.28 bits per heavy atom. The zero-order valence-corrected chi connectivity index (χ0v) is 13.7. The minimum atomic E-state index is -0.980. The summed E-state index contributed by atoms with van der Waals surface area (Å²) in [5.74, 6) is -0.844. The van der Waals surface area contributed by atoms with E-state index in [2.05, 4.69) is 10.3 Å². The van der Waals surface area contributed by atoms with E-state index in [1.165, 1.54) is 0 Å². The van der Waals surface area contributed by atoms with Crippen molar-refractivity contribution >= 4 is 23.4 Å². The number of imidazole rings is 1. The number of carboxylic acids is 1. The number of aromatic nitrogens is 3. The number of nitrogens with one attached hydrogen (secondary N) is 1. The molecule has 0 bridgehead atoms. The number of hydrogen-bond donors (Lipinski definition) is 3. The lowest BCUT2D eigenvalue weighted by molar-refractivity contribution is 0.0686. The Morgan fingerprint density at radius 1 is 1.08 bits per heavy atom. The molecule has 0 aliphatic rings. The first-order chi connectivity index (χ1) is 11.8. The number of carbonyl (C=O) groups is 2. The fourth-order valence-electron chi connectivity index (χ4n) is 2.57. The first kappa shape index (κ1) is 16.3. The summed E-state index contributed by atoms with van der Waals surface area (Å²) in [6, 6.07) is 8.71. The normalized spacial score (nSPS) is 10.6.